The van der Waals surface area contributed by atoms with E-state index in [1.165, 1.54) is 4.90 Å². The number of rotatable bonds is 7. The molecule has 0 aromatic rings. The molecule has 2 amide bonds. The van der Waals surface area contributed by atoms with E-state index in [2.05, 4.69) is 11.9 Å². The van der Waals surface area contributed by atoms with Crippen molar-refractivity contribution in [1.82, 2.24) is 10.2 Å². The van der Waals surface area contributed by atoms with Crippen LogP contribution >= 0.6 is 0 Å². The van der Waals surface area contributed by atoms with Gasteiger partial charge in [-0.25, -0.2) is 4.79 Å². The number of nitrogens with one attached hydrogen (secondary N) is 1. The molecule has 5 nitrogen and oxygen atoms in total. The van der Waals surface area contributed by atoms with E-state index >= 15 is 0 Å². The Morgan fingerprint density at radius 3 is 2.62 bits per heavy atom. The van der Waals surface area contributed by atoms with Crippen LogP contribution in [-0.2, 0) is 4.79 Å². The van der Waals surface area contributed by atoms with Gasteiger partial charge in [0.15, 0.2) is 0 Å². The highest BCUT2D eigenvalue weighted by atomic mass is 16.4. The van der Waals surface area contributed by atoms with Crippen LogP contribution in [0.15, 0.2) is 12.7 Å². The maximum atomic E-state index is 11.7. The molecule has 0 heterocycles. The molecular formula is C11H20N2O3. The van der Waals surface area contributed by atoms with E-state index in [1.807, 2.05) is 13.8 Å². The second-order valence-corrected chi connectivity index (χ2v) is 3.60. The molecule has 0 saturated carbocycles. The number of hydrogen-bond acceptors (Lipinski definition) is 2. The fourth-order valence-electron chi connectivity index (χ4n) is 1.24. The van der Waals surface area contributed by atoms with Crippen LogP contribution in [-0.4, -0.2) is 41.1 Å². The number of carboxylic acid groups (broad SMARTS) is 1. The average Bonchev–Trinajstić information content (AvgIpc) is 2.18. The van der Waals surface area contributed by atoms with Crippen LogP contribution in [0.3, 0.4) is 0 Å². The highest BCUT2D eigenvalue weighted by molar-refractivity contribution is 5.75. The van der Waals surface area contributed by atoms with Crippen molar-refractivity contribution in [2.45, 2.75) is 32.7 Å². The van der Waals surface area contributed by atoms with Gasteiger partial charge in [-0.15, -0.1) is 6.58 Å². The molecule has 2 N–H and O–H groups in total. The van der Waals surface area contributed by atoms with Crippen molar-refractivity contribution in [1.29, 1.82) is 0 Å². The van der Waals surface area contributed by atoms with Gasteiger partial charge < -0.3 is 15.3 Å². The van der Waals surface area contributed by atoms with Gasteiger partial charge in [0, 0.05) is 19.1 Å². The fourth-order valence-corrected chi connectivity index (χ4v) is 1.24. The third-order valence-electron chi connectivity index (χ3n) is 2.15. The topological polar surface area (TPSA) is 69.6 Å². The molecule has 1 atom stereocenters. The number of carbonyl (C=O) groups excluding carboxylic acids is 1. The van der Waals surface area contributed by atoms with E-state index < -0.39 is 5.97 Å². The molecule has 0 saturated heterocycles. The summed E-state index contributed by atoms with van der Waals surface area (Å²) < 4.78 is 0. The molecule has 0 rings (SSSR count). The zero-order chi connectivity index (χ0) is 12.6. The first-order valence-electron chi connectivity index (χ1n) is 5.39. The summed E-state index contributed by atoms with van der Waals surface area (Å²) in [7, 11) is 0. The largest absolute Gasteiger partial charge is 0.481 e. The van der Waals surface area contributed by atoms with Gasteiger partial charge in [-0.05, 0) is 20.3 Å². The van der Waals surface area contributed by atoms with Crippen LogP contribution in [0.1, 0.15) is 26.7 Å². The number of carbonyl (C=O) groups is 2. The zero-order valence-electron chi connectivity index (χ0n) is 9.90. The summed E-state index contributed by atoms with van der Waals surface area (Å²) in [5, 5.41) is 11.3. The predicted molar refractivity (Wildman–Crippen MR) is 62.3 cm³/mol. The smallest absolute Gasteiger partial charge is 0.317 e. The first-order valence-corrected chi connectivity index (χ1v) is 5.39. The molecule has 0 spiro atoms. The van der Waals surface area contributed by atoms with Crippen molar-refractivity contribution < 1.29 is 14.7 Å². The van der Waals surface area contributed by atoms with E-state index in [0.29, 0.717) is 13.0 Å². The van der Waals surface area contributed by atoms with Gasteiger partial charge in [0.2, 0.25) is 0 Å². The molecule has 92 valence electrons. The lowest BCUT2D eigenvalue weighted by atomic mass is 10.2. The van der Waals surface area contributed by atoms with Gasteiger partial charge in [0.25, 0.3) is 0 Å². The van der Waals surface area contributed by atoms with E-state index in [1.54, 1.807) is 6.08 Å². The summed E-state index contributed by atoms with van der Waals surface area (Å²) in [5.41, 5.74) is 0. The Kier molecular flexibility index (Phi) is 7.00. The molecule has 16 heavy (non-hydrogen) atoms. The van der Waals surface area contributed by atoms with Crippen molar-refractivity contribution in [3.8, 4) is 0 Å². The van der Waals surface area contributed by atoms with Crippen molar-refractivity contribution in [2.24, 2.45) is 0 Å². The normalized spacial score (nSPS) is 11.6. The van der Waals surface area contributed by atoms with Crippen molar-refractivity contribution >= 4 is 12.0 Å². The lowest BCUT2D eigenvalue weighted by molar-refractivity contribution is -0.137. The van der Waals surface area contributed by atoms with E-state index in [0.717, 1.165) is 0 Å². The van der Waals surface area contributed by atoms with E-state index in [4.69, 9.17) is 5.11 Å². The van der Waals surface area contributed by atoms with Crippen LogP contribution < -0.4 is 5.32 Å². The van der Waals surface area contributed by atoms with E-state index in [9.17, 15) is 9.59 Å². The summed E-state index contributed by atoms with van der Waals surface area (Å²) in [6.07, 6.45) is 2.40. The van der Waals surface area contributed by atoms with Gasteiger partial charge in [0.1, 0.15) is 0 Å². The van der Waals surface area contributed by atoms with Gasteiger partial charge >= 0.3 is 12.0 Å². The highest BCUT2D eigenvalue weighted by Crippen LogP contribution is 1.97. The minimum absolute atomic E-state index is 0.0175. The maximum absolute atomic E-state index is 11.7. The lowest BCUT2D eigenvalue weighted by Gasteiger charge is -2.22. The molecule has 5 heteroatoms. The van der Waals surface area contributed by atoms with Gasteiger partial charge in [-0.3, -0.25) is 4.79 Å². The molecule has 0 aliphatic heterocycles. The van der Waals surface area contributed by atoms with Gasteiger partial charge in [0.05, 0.1) is 6.42 Å². The van der Waals surface area contributed by atoms with Crippen molar-refractivity contribution in [3.05, 3.63) is 12.7 Å². The summed E-state index contributed by atoms with van der Waals surface area (Å²) in [6, 6.07) is -0.207. The summed E-state index contributed by atoms with van der Waals surface area (Å²) >= 11 is 0. The SMILES string of the molecule is C=CCC(C)NC(=O)N(CC)CCC(=O)O. The average molecular weight is 228 g/mol. The summed E-state index contributed by atoms with van der Waals surface area (Å²) in [6.45, 7) is 8.02. The second-order valence-electron chi connectivity index (χ2n) is 3.60. The Morgan fingerprint density at radius 1 is 1.56 bits per heavy atom. The van der Waals surface area contributed by atoms with Gasteiger partial charge in [-0.1, -0.05) is 6.08 Å². The number of amides is 2. The second kappa shape index (κ2) is 7.73. The fraction of sp³-hybridized carbons (Fsp3) is 0.636. The molecule has 0 radical (unpaired) electrons. The highest BCUT2D eigenvalue weighted by Gasteiger charge is 2.14. The monoisotopic (exact) mass is 228 g/mol. The minimum Gasteiger partial charge on any atom is -0.481 e. The summed E-state index contributed by atoms with van der Waals surface area (Å²) in [4.78, 5) is 23.5. The number of hydrogen-bond donors (Lipinski definition) is 2. The van der Waals surface area contributed by atoms with Crippen LogP contribution in [0.2, 0.25) is 0 Å². The van der Waals surface area contributed by atoms with E-state index in [-0.39, 0.29) is 25.0 Å². The van der Waals surface area contributed by atoms with Crippen LogP contribution in [0.5, 0.6) is 0 Å². The molecule has 0 bridgehead atoms. The van der Waals surface area contributed by atoms with Crippen LogP contribution in [0.25, 0.3) is 0 Å². The maximum Gasteiger partial charge on any atom is 0.317 e. The van der Waals surface area contributed by atoms with Crippen molar-refractivity contribution in [2.75, 3.05) is 13.1 Å². The van der Waals surface area contributed by atoms with Crippen LogP contribution in [0.4, 0.5) is 4.79 Å². The van der Waals surface area contributed by atoms with Crippen LogP contribution in [0, 0.1) is 0 Å². The third-order valence-corrected chi connectivity index (χ3v) is 2.15. The predicted octanol–water partition coefficient (Wildman–Crippen LogP) is 1.46. The lowest BCUT2D eigenvalue weighted by Crippen LogP contribution is -2.44. The number of aliphatic carboxylic acids is 1. The Hall–Kier alpha value is -1.52. The summed E-state index contributed by atoms with van der Waals surface area (Å²) in [5.74, 6) is -0.898. The molecule has 0 fully saturated rings. The molecule has 1 unspecified atom stereocenters. The number of urea groups is 1. The third kappa shape index (κ3) is 6.06. The van der Waals surface area contributed by atoms with Crippen molar-refractivity contribution in [3.63, 3.8) is 0 Å². The number of nitrogens with zero attached hydrogens (tertiary/aromatic N) is 1. The molecule has 0 aliphatic carbocycles. The Labute approximate surface area is 96.1 Å². The molecule has 0 aromatic heterocycles. The quantitative estimate of drug-likeness (QED) is 0.648. The Morgan fingerprint density at radius 2 is 2.19 bits per heavy atom. The Bertz CT molecular complexity index is 254. The zero-order valence-corrected chi connectivity index (χ0v) is 9.90. The molecule has 0 aliphatic rings. The standard InChI is InChI=1S/C11H20N2O3/c1-4-6-9(3)12-11(16)13(5-2)8-7-10(14)15/h4,9H,1,5-8H2,2-3H3,(H,12,16)(H,14,15). The minimum atomic E-state index is -0.898. The number of carboxylic acids is 1. The first-order chi connectivity index (χ1) is 7.51. The molecule has 0 aromatic carbocycles. The molecular weight excluding hydrogens is 208 g/mol. The first kappa shape index (κ1) is 14.5. The Balaban J connectivity index is 4.09. The van der Waals surface area contributed by atoms with Gasteiger partial charge in [-0.2, -0.15) is 0 Å².